The van der Waals surface area contributed by atoms with Crippen LogP contribution in [0.4, 0.5) is 0 Å². The van der Waals surface area contributed by atoms with Crippen molar-refractivity contribution < 1.29 is 39.8 Å². The molecule has 0 radical (unpaired) electrons. The molecule has 7 atom stereocenters. The summed E-state index contributed by atoms with van der Waals surface area (Å²) in [7, 11) is 0. The van der Waals surface area contributed by atoms with Crippen molar-refractivity contribution in [2.24, 2.45) is 0 Å². The fraction of sp³-hybridized carbons (Fsp3) is 0.685. The van der Waals surface area contributed by atoms with Gasteiger partial charge in [-0.05, 0) is 96.3 Å². The smallest absolute Gasteiger partial charge is 0.220 e. The highest BCUT2D eigenvalue weighted by atomic mass is 16.7. The van der Waals surface area contributed by atoms with E-state index in [0.717, 1.165) is 116 Å². The zero-order valence-electron chi connectivity index (χ0n) is 52.2. The maximum atomic E-state index is 13.1. The van der Waals surface area contributed by atoms with E-state index >= 15 is 0 Å². The van der Waals surface area contributed by atoms with Crippen LogP contribution in [0.2, 0.25) is 0 Å². The lowest BCUT2D eigenvalue weighted by atomic mass is 9.99. The van der Waals surface area contributed by atoms with Crippen molar-refractivity contribution in [2.75, 3.05) is 13.2 Å². The Kier molecular flexibility index (Phi) is 56.3. The van der Waals surface area contributed by atoms with Crippen molar-refractivity contribution in [3.63, 3.8) is 0 Å². The maximum absolute atomic E-state index is 13.1. The van der Waals surface area contributed by atoms with E-state index in [-0.39, 0.29) is 12.5 Å². The van der Waals surface area contributed by atoms with Gasteiger partial charge in [0.25, 0.3) is 0 Å². The van der Waals surface area contributed by atoms with Crippen molar-refractivity contribution >= 4 is 5.91 Å². The summed E-state index contributed by atoms with van der Waals surface area (Å²) in [6.07, 6.45) is 85.3. The number of aliphatic hydroxyl groups excluding tert-OH is 5. The quantitative estimate of drug-likeness (QED) is 0.0261. The van der Waals surface area contributed by atoms with Gasteiger partial charge in [-0.2, -0.15) is 0 Å². The minimum Gasteiger partial charge on any atom is -0.394 e. The number of nitrogens with one attached hydrogen (secondary N) is 1. The average Bonchev–Trinajstić information content (AvgIpc) is 3.57. The molecule has 1 aliphatic rings. The second kappa shape index (κ2) is 60.5. The lowest BCUT2D eigenvalue weighted by Gasteiger charge is -2.40. The molecule has 1 amide bonds. The van der Waals surface area contributed by atoms with Gasteiger partial charge in [0.05, 0.1) is 25.4 Å². The van der Waals surface area contributed by atoms with Crippen LogP contribution < -0.4 is 5.32 Å². The van der Waals surface area contributed by atoms with Gasteiger partial charge in [-0.15, -0.1) is 0 Å². The molecule has 0 bridgehead atoms. The number of ether oxygens (including phenoxy) is 2. The molecule has 1 fully saturated rings. The van der Waals surface area contributed by atoms with Crippen LogP contribution in [0.15, 0.2) is 134 Å². The van der Waals surface area contributed by atoms with Gasteiger partial charge in [0, 0.05) is 6.42 Å². The topological polar surface area (TPSA) is 149 Å². The molecule has 0 aromatic rings. The first kappa shape index (κ1) is 76.3. The third-order valence-corrected chi connectivity index (χ3v) is 15.0. The molecule has 82 heavy (non-hydrogen) atoms. The zero-order chi connectivity index (χ0) is 59.3. The number of amides is 1. The van der Waals surface area contributed by atoms with Gasteiger partial charge in [0.1, 0.15) is 24.4 Å². The Labute approximate surface area is 502 Å². The highest BCUT2D eigenvalue weighted by molar-refractivity contribution is 5.76. The summed E-state index contributed by atoms with van der Waals surface area (Å²) in [6, 6.07) is -0.816. The van der Waals surface area contributed by atoms with Gasteiger partial charge >= 0.3 is 0 Å². The summed E-state index contributed by atoms with van der Waals surface area (Å²) in [6.45, 7) is 3.67. The van der Waals surface area contributed by atoms with Gasteiger partial charge < -0.3 is 40.3 Å². The number of allylic oxidation sites excluding steroid dienone is 21. The summed E-state index contributed by atoms with van der Waals surface area (Å²) in [4.78, 5) is 13.1. The first-order chi connectivity index (χ1) is 40.3. The van der Waals surface area contributed by atoms with Crippen LogP contribution in [0.25, 0.3) is 0 Å². The SMILES string of the molecule is CC/C=C\C/C=C\C/C=C\C/C=C\C/C=C\C/C=C\C/C=C\C/C=C\C/C=C\C/C=C\CCCCCCCCCCCCC(=O)NC(COC1OC(CO)C(O)C(O)C1O)C(O)/C=C/CCCCCCCCCCCCCCCCCC. The van der Waals surface area contributed by atoms with Gasteiger partial charge in [0.15, 0.2) is 6.29 Å². The molecule has 9 nitrogen and oxygen atoms in total. The summed E-state index contributed by atoms with van der Waals surface area (Å²) in [5.74, 6) is -0.185. The number of unbranched alkanes of at least 4 members (excludes halogenated alkanes) is 26. The van der Waals surface area contributed by atoms with Crippen molar-refractivity contribution in [3.05, 3.63) is 134 Å². The van der Waals surface area contributed by atoms with Crippen molar-refractivity contribution in [2.45, 2.75) is 307 Å². The van der Waals surface area contributed by atoms with E-state index < -0.39 is 49.5 Å². The maximum Gasteiger partial charge on any atom is 0.220 e. The van der Waals surface area contributed by atoms with Crippen LogP contribution in [0.3, 0.4) is 0 Å². The van der Waals surface area contributed by atoms with Crippen LogP contribution in [-0.2, 0) is 14.3 Å². The number of carbonyl (C=O) groups excluding carboxylic acids is 1. The molecule has 1 heterocycles. The number of rotatable bonds is 56. The Bertz CT molecular complexity index is 1750. The molecule has 1 rings (SSSR count). The average molecular weight is 1140 g/mol. The van der Waals surface area contributed by atoms with E-state index in [0.29, 0.717) is 6.42 Å². The number of aliphatic hydroxyl groups is 5. The van der Waals surface area contributed by atoms with Crippen LogP contribution in [0, 0.1) is 0 Å². The molecule has 1 saturated heterocycles. The van der Waals surface area contributed by atoms with Crippen molar-refractivity contribution in [1.29, 1.82) is 0 Å². The Morgan fingerprint density at radius 3 is 1.12 bits per heavy atom. The molecule has 6 N–H and O–H groups in total. The summed E-state index contributed by atoms with van der Waals surface area (Å²) >= 11 is 0. The Morgan fingerprint density at radius 1 is 0.427 bits per heavy atom. The Morgan fingerprint density at radius 2 is 0.756 bits per heavy atom. The Hall–Kier alpha value is -3.67. The van der Waals surface area contributed by atoms with Crippen molar-refractivity contribution in [1.82, 2.24) is 5.32 Å². The molecule has 0 aromatic heterocycles. The van der Waals surface area contributed by atoms with Crippen LogP contribution in [0.1, 0.15) is 264 Å². The molecule has 0 saturated carbocycles. The van der Waals surface area contributed by atoms with Gasteiger partial charge in [-0.1, -0.05) is 295 Å². The highest BCUT2D eigenvalue weighted by Gasteiger charge is 2.44. The van der Waals surface area contributed by atoms with E-state index in [4.69, 9.17) is 9.47 Å². The monoisotopic (exact) mass is 1140 g/mol. The molecule has 1 aliphatic heterocycles. The van der Waals surface area contributed by atoms with Gasteiger partial charge in [0.2, 0.25) is 5.91 Å². The fourth-order valence-electron chi connectivity index (χ4n) is 9.77. The lowest BCUT2D eigenvalue weighted by Crippen LogP contribution is -2.60. The summed E-state index contributed by atoms with van der Waals surface area (Å²) in [5.41, 5.74) is 0. The van der Waals surface area contributed by atoms with Crippen LogP contribution >= 0.6 is 0 Å². The first-order valence-electron chi connectivity index (χ1n) is 33.4. The normalized spacial score (nSPS) is 19.2. The van der Waals surface area contributed by atoms with Crippen LogP contribution in [0.5, 0.6) is 0 Å². The predicted molar refractivity (Wildman–Crippen MR) is 350 cm³/mol. The third-order valence-electron chi connectivity index (χ3n) is 15.0. The van der Waals surface area contributed by atoms with E-state index in [1.165, 1.54) is 128 Å². The molecule has 468 valence electrons. The second-order valence-electron chi connectivity index (χ2n) is 22.5. The molecular formula is C73H123NO8. The minimum atomic E-state index is -1.57. The Balaban J connectivity index is 2.15. The predicted octanol–water partition coefficient (Wildman–Crippen LogP) is 18.0. The number of hydrogen-bond acceptors (Lipinski definition) is 8. The van der Waals surface area contributed by atoms with E-state index in [2.05, 4.69) is 141 Å². The molecule has 9 heteroatoms. The van der Waals surface area contributed by atoms with E-state index in [1.54, 1.807) is 6.08 Å². The molecule has 7 unspecified atom stereocenters. The fourth-order valence-corrected chi connectivity index (χ4v) is 9.77. The largest absolute Gasteiger partial charge is 0.394 e. The highest BCUT2D eigenvalue weighted by Crippen LogP contribution is 2.23. The van der Waals surface area contributed by atoms with Gasteiger partial charge in [-0.25, -0.2) is 0 Å². The van der Waals surface area contributed by atoms with E-state index in [9.17, 15) is 30.3 Å². The standard InChI is InChI=1S/C73H123NO8/c1-3-5-7-9-11-13-15-17-19-21-23-24-25-26-27-28-29-30-31-32-33-34-35-36-37-38-39-40-41-42-43-44-45-47-49-51-53-55-57-59-61-63-69(77)74-66(65-81-73-72(80)71(79)70(78)68(64-75)82-73)67(76)62-60-58-56-54-52-50-48-46-22-20-18-16-14-12-10-8-6-4-2/h5,7,11,13,17,19,23-24,26-27,29-30,32-33,35-36,38-39,41-42,60,62,66-68,70-73,75-76,78-80H,3-4,6,8-10,12,14-16,18,20-22,25,28,31,34,37,40,43-59,61,63-65H2,1-2H3,(H,74,77)/b7-5-,13-11-,19-17-,24-23-,27-26-,30-29-,33-32-,36-35-,39-38-,42-41-,62-60+. The second-order valence-corrected chi connectivity index (χ2v) is 22.5. The van der Waals surface area contributed by atoms with E-state index in [1.807, 2.05) is 6.08 Å². The van der Waals surface area contributed by atoms with Crippen molar-refractivity contribution in [3.8, 4) is 0 Å². The summed E-state index contributed by atoms with van der Waals surface area (Å²) < 4.78 is 11.3. The molecule has 0 aromatic carbocycles. The number of hydrogen-bond donors (Lipinski definition) is 6. The minimum absolute atomic E-state index is 0.185. The van der Waals surface area contributed by atoms with Gasteiger partial charge in [-0.3, -0.25) is 4.79 Å². The summed E-state index contributed by atoms with van der Waals surface area (Å²) in [5, 5.41) is 54.6. The third kappa shape index (κ3) is 48.7. The first-order valence-corrected chi connectivity index (χ1v) is 33.4. The molecule has 0 spiro atoms. The zero-order valence-corrected chi connectivity index (χ0v) is 52.2. The number of carbonyl (C=O) groups is 1. The molecule has 0 aliphatic carbocycles. The molecular weight excluding hydrogens is 1020 g/mol. The van der Waals surface area contributed by atoms with Crippen LogP contribution in [-0.4, -0.2) is 87.5 Å². The lowest BCUT2D eigenvalue weighted by molar-refractivity contribution is -0.302.